The molecule has 9 heteroatoms. The van der Waals surface area contributed by atoms with Crippen molar-refractivity contribution in [2.45, 2.75) is 43.7 Å². The molecule has 1 spiro atoms. The third-order valence-electron chi connectivity index (χ3n) is 5.71. The Morgan fingerprint density at radius 2 is 2.12 bits per heavy atom. The van der Waals surface area contributed by atoms with E-state index in [1.54, 1.807) is 10.6 Å². The molecule has 4 heterocycles. The summed E-state index contributed by atoms with van der Waals surface area (Å²) in [6.45, 7) is 2.15. The van der Waals surface area contributed by atoms with Crippen LogP contribution in [0.15, 0.2) is 6.33 Å². The molecule has 4 rings (SSSR count). The van der Waals surface area contributed by atoms with Crippen molar-refractivity contribution in [3.8, 4) is 0 Å². The predicted molar refractivity (Wildman–Crippen MR) is 90.3 cm³/mol. The van der Waals surface area contributed by atoms with Gasteiger partial charge in [-0.05, 0) is 25.7 Å². The second-order valence-corrected chi connectivity index (χ2v) is 9.08. The van der Waals surface area contributed by atoms with Crippen LogP contribution >= 0.6 is 0 Å². The number of nitrogens with zero attached hydrogens (tertiary/aromatic N) is 3. The molecule has 0 radical (unpaired) electrons. The quantitative estimate of drug-likeness (QED) is 0.806. The minimum Gasteiger partial charge on any atom is -0.368 e. The normalized spacial score (nSPS) is 26.8. The van der Waals surface area contributed by atoms with E-state index in [0.29, 0.717) is 45.5 Å². The first-order chi connectivity index (χ1) is 11.9. The number of nitrogens with one attached hydrogen (secondary N) is 1. The maximum absolute atomic E-state index is 12.6. The molecule has 0 saturated carbocycles. The number of piperidine rings is 1. The molecule has 1 amide bonds. The molecule has 25 heavy (non-hydrogen) atoms. The number of aromatic amines is 1. The smallest absolute Gasteiger partial charge is 0.251 e. The minimum absolute atomic E-state index is 0.0383. The van der Waals surface area contributed by atoms with E-state index in [2.05, 4.69) is 9.97 Å². The number of carbonyl (C=O) groups excluding carboxylic acids is 1. The SMILES string of the molecule is CS(=O)(=O)N1CCc2[nH]cnc2C12CCN(C(=O)C1CCCO1)CC2. The number of H-pyrrole nitrogens is 1. The van der Waals surface area contributed by atoms with Gasteiger partial charge >= 0.3 is 0 Å². The number of amides is 1. The fraction of sp³-hybridized carbons (Fsp3) is 0.750. The standard InChI is InChI=1S/C16H24N4O4S/c1-25(22,23)20-7-4-12-14(18-11-17-12)16(20)5-8-19(9-6-16)15(21)13-3-2-10-24-13/h11,13H,2-10H2,1H3,(H,17,18). The molecule has 1 unspecified atom stereocenters. The lowest BCUT2D eigenvalue weighted by molar-refractivity contribution is -0.143. The number of imidazole rings is 1. The molecular weight excluding hydrogens is 344 g/mol. The van der Waals surface area contributed by atoms with Crippen LogP contribution in [0.5, 0.6) is 0 Å². The molecule has 1 N–H and O–H groups in total. The highest BCUT2D eigenvalue weighted by Crippen LogP contribution is 2.43. The number of sulfonamides is 1. The molecule has 3 aliphatic heterocycles. The zero-order valence-electron chi connectivity index (χ0n) is 14.4. The summed E-state index contributed by atoms with van der Waals surface area (Å²) < 4.78 is 31.9. The Labute approximate surface area is 147 Å². The Balaban J connectivity index is 1.59. The topological polar surface area (TPSA) is 95.6 Å². The van der Waals surface area contributed by atoms with Crippen LogP contribution in [0.25, 0.3) is 0 Å². The van der Waals surface area contributed by atoms with Gasteiger partial charge in [-0.1, -0.05) is 0 Å². The first-order valence-corrected chi connectivity index (χ1v) is 10.7. The van der Waals surface area contributed by atoms with Gasteiger partial charge in [-0.25, -0.2) is 13.4 Å². The first-order valence-electron chi connectivity index (χ1n) is 8.83. The van der Waals surface area contributed by atoms with E-state index in [0.717, 1.165) is 24.2 Å². The zero-order chi connectivity index (χ0) is 17.7. The van der Waals surface area contributed by atoms with Crippen molar-refractivity contribution in [2.75, 3.05) is 32.5 Å². The van der Waals surface area contributed by atoms with Crippen molar-refractivity contribution in [1.29, 1.82) is 0 Å². The van der Waals surface area contributed by atoms with Crippen molar-refractivity contribution >= 4 is 15.9 Å². The molecule has 1 atom stereocenters. The molecule has 2 saturated heterocycles. The Hall–Kier alpha value is -1.45. The van der Waals surface area contributed by atoms with Crippen molar-refractivity contribution in [2.24, 2.45) is 0 Å². The van der Waals surface area contributed by atoms with Crippen molar-refractivity contribution in [3.63, 3.8) is 0 Å². The molecule has 2 fully saturated rings. The molecule has 0 bridgehead atoms. The largest absolute Gasteiger partial charge is 0.368 e. The van der Waals surface area contributed by atoms with Crippen LogP contribution in [-0.4, -0.2) is 72.1 Å². The van der Waals surface area contributed by atoms with Crippen LogP contribution in [0, 0.1) is 0 Å². The lowest BCUT2D eigenvalue weighted by Gasteiger charge is -2.49. The Morgan fingerprint density at radius 1 is 1.36 bits per heavy atom. The van der Waals surface area contributed by atoms with Gasteiger partial charge in [-0.15, -0.1) is 0 Å². The summed E-state index contributed by atoms with van der Waals surface area (Å²) >= 11 is 0. The summed E-state index contributed by atoms with van der Waals surface area (Å²) in [5.41, 5.74) is 1.20. The van der Waals surface area contributed by atoms with Crippen LogP contribution < -0.4 is 0 Å². The zero-order valence-corrected chi connectivity index (χ0v) is 15.2. The van der Waals surface area contributed by atoms with Crippen LogP contribution in [0.2, 0.25) is 0 Å². The van der Waals surface area contributed by atoms with E-state index in [9.17, 15) is 13.2 Å². The van der Waals surface area contributed by atoms with Crippen LogP contribution in [-0.2, 0) is 31.5 Å². The number of carbonyl (C=O) groups is 1. The van der Waals surface area contributed by atoms with Gasteiger partial charge in [-0.2, -0.15) is 4.31 Å². The Morgan fingerprint density at radius 3 is 2.76 bits per heavy atom. The summed E-state index contributed by atoms with van der Waals surface area (Å²) in [5, 5.41) is 0. The number of likely N-dealkylation sites (tertiary alicyclic amines) is 1. The molecule has 1 aromatic heterocycles. The van der Waals surface area contributed by atoms with E-state index in [1.165, 1.54) is 6.26 Å². The molecule has 0 aliphatic carbocycles. The fourth-order valence-electron chi connectivity index (χ4n) is 4.50. The number of aromatic nitrogens is 2. The molecule has 1 aromatic rings. The van der Waals surface area contributed by atoms with Gasteiger partial charge in [0, 0.05) is 38.4 Å². The van der Waals surface area contributed by atoms with E-state index in [4.69, 9.17) is 4.74 Å². The van der Waals surface area contributed by atoms with E-state index < -0.39 is 15.6 Å². The van der Waals surface area contributed by atoms with Gasteiger partial charge in [-0.3, -0.25) is 4.79 Å². The lowest BCUT2D eigenvalue weighted by atomic mass is 9.80. The predicted octanol–water partition coefficient (Wildman–Crippen LogP) is 0.224. The second-order valence-electron chi connectivity index (χ2n) is 7.17. The number of fused-ring (bicyclic) bond motifs is 2. The van der Waals surface area contributed by atoms with Gasteiger partial charge in [0.15, 0.2) is 0 Å². The third-order valence-corrected chi connectivity index (χ3v) is 7.04. The average molecular weight is 368 g/mol. The van der Waals surface area contributed by atoms with Gasteiger partial charge in [0.05, 0.1) is 23.8 Å². The van der Waals surface area contributed by atoms with Crippen molar-refractivity contribution in [3.05, 3.63) is 17.7 Å². The van der Waals surface area contributed by atoms with Crippen molar-refractivity contribution < 1.29 is 17.9 Å². The monoisotopic (exact) mass is 368 g/mol. The lowest BCUT2D eigenvalue weighted by Crippen LogP contribution is -2.59. The maximum atomic E-state index is 12.6. The number of hydrogen-bond acceptors (Lipinski definition) is 5. The molecular formula is C16H24N4O4S. The summed E-state index contributed by atoms with van der Waals surface area (Å²) in [5.74, 6) is 0.0383. The molecule has 0 aromatic carbocycles. The van der Waals surface area contributed by atoms with Crippen molar-refractivity contribution in [1.82, 2.24) is 19.2 Å². The minimum atomic E-state index is -3.36. The number of ether oxygens (including phenoxy) is 1. The van der Waals surface area contributed by atoms with Gasteiger partial charge in [0.2, 0.25) is 10.0 Å². The molecule has 3 aliphatic rings. The first kappa shape index (κ1) is 17.0. The number of rotatable bonds is 2. The van der Waals surface area contributed by atoms with Gasteiger partial charge in [0.1, 0.15) is 6.10 Å². The summed E-state index contributed by atoms with van der Waals surface area (Å²) in [4.78, 5) is 22.0. The highest BCUT2D eigenvalue weighted by atomic mass is 32.2. The van der Waals surface area contributed by atoms with Crippen LogP contribution in [0.3, 0.4) is 0 Å². The highest BCUT2D eigenvalue weighted by Gasteiger charge is 2.51. The Kier molecular flexibility index (Phi) is 4.12. The van der Waals surface area contributed by atoms with Crippen LogP contribution in [0.1, 0.15) is 37.1 Å². The summed E-state index contributed by atoms with van der Waals surface area (Å²) in [6.07, 6.45) is 6.05. The summed E-state index contributed by atoms with van der Waals surface area (Å²) in [7, 11) is -3.36. The second kappa shape index (κ2) is 6.07. The fourth-order valence-corrected chi connectivity index (χ4v) is 5.83. The maximum Gasteiger partial charge on any atom is 0.251 e. The Bertz CT molecular complexity index is 761. The average Bonchev–Trinajstić information content (AvgIpc) is 3.26. The van der Waals surface area contributed by atoms with Crippen LogP contribution in [0.4, 0.5) is 0 Å². The number of hydrogen-bond donors (Lipinski definition) is 1. The molecule has 8 nitrogen and oxygen atoms in total. The third kappa shape index (κ3) is 2.78. The van der Waals surface area contributed by atoms with E-state index in [1.807, 2.05) is 4.90 Å². The molecule has 138 valence electrons. The van der Waals surface area contributed by atoms with Gasteiger partial charge in [0.25, 0.3) is 5.91 Å². The summed E-state index contributed by atoms with van der Waals surface area (Å²) in [6, 6.07) is 0. The van der Waals surface area contributed by atoms with E-state index >= 15 is 0 Å². The van der Waals surface area contributed by atoms with E-state index in [-0.39, 0.29) is 12.0 Å². The highest BCUT2D eigenvalue weighted by molar-refractivity contribution is 7.88. The van der Waals surface area contributed by atoms with Gasteiger partial charge < -0.3 is 14.6 Å².